The fourth-order valence-electron chi connectivity index (χ4n) is 2.22. The van der Waals surface area contributed by atoms with Crippen LogP contribution in [-0.4, -0.2) is 57.3 Å². The molecule has 3 rings (SSSR count). The second kappa shape index (κ2) is 6.81. The molecule has 2 aliphatic heterocycles. The molecule has 0 unspecified atom stereocenters. The van der Waals surface area contributed by atoms with Gasteiger partial charge in [-0.3, -0.25) is 19.3 Å². The van der Waals surface area contributed by atoms with E-state index in [9.17, 15) is 19.5 Å². The summed E-state index contributed by atoms with van der Waals surface area (Å²) in [5.74, 6) is 0.669. The van der Waals surface area contributed by atoms with Crippen LogP contribution in [0.5, 0.6) is 0 Å². The Balaban J connectivity index is 1.62. The normalized spacial score (nSPS) is 26.3. The van der Waals surface area contributed by atoms with Gasteiger partial charge in [0.05, 0.1) is 23.3 Å². The van der Waals surface area contributed by atoms with Crippen LogP contribution in [0.4, 0.5) is 4.79 Å². The highest BCUT2D eigenvalue weighted by atomic mass is 32.2. The van der Waals surface area contributed by atoms with Gasteiger partial charge in [0.15, 0.2) is 0 Å². The third-order valence-corrected chi connectivity index (χ3v) is 5.47. The fourth-order valence-corrected chi connectivity index (χ4v) is 4.20. The van der Waals surface area contributed by atoms with E-state index < -0.39 is 23.2 Å². The van der Waals surface area contributed by atoms with E-state index in [2.05, 4.69) is 5.32 Å². The van der Waals surface area contributed by atoms with Gasteiger partial charge in [0, 0.05) is 17.6 Å². The Labute approximate surface area is 140 Å². The van der Waals surface area contributed by atoms with Crippen molar-refractivity contribution in [3.8, 4) is 0 Å². The largest absolute Gasteiger partial charge is 0.465 e. The summed E-state index contributed by atoms with van der Waals surface area (Å²) in [6.45, 7) is -0.353. The van der Waals surface area contributed by atoms with E-state index in [-0.39, 0.29) is 17.5 Å². The Morgan fingerprint density at radius 3 is 2.96 bits per heavy atom. The molecule has 1 aromatic heterocycles. The Hall–Kier alpha value is -1.71. The predicted octanol–water partition coefficient (Wildman–Crippen LogP) is 0.908. The fraction of sp³-hybridized carbons (Fsp3) is 0.357. The number of nitrogens with one attached hydrogen (secondary N) is 1. The average molecular weight is 354 g/mol. The lowest BCUT2D eigenvalue weighted by molar-refractivity contribution is -0.129. The lowest BCUT2D eigenvalue weighted by Gasteiger charge is -2.18. The van der Waals surface area contributed by atoms with Gasteiger partial charge in [-0.05, 0) is 23.9 Å². The van der Waals surface area contributed by atoms with E-state index in [1.807, 2.05) is 0 Å². The molecule has 0 saturated carbocycles. The van der Waals surface area contributed by atoms with Crippen LogP contribution in [0.25, 0.3) is 6.08 Å². The number of furan rings is 1. The lowest BCUT2D eigenvalue weighted by Crippen LogP contribution is -2.47. The van der Waals surface area contributed by atoms with E-state index in [0.29, 0.717) is 17.3 Å². The first-order chi connectivity index (χ1) is 11.0. The molecule has 7 nitrogen and oxygen atoms in total. The summed E-state index contributed by atoms with van der Waals surface area (Å²) in [6, 6.07) is 3.00. The number of aliphatic hydroxyl groups excluding tert-OH is 1. The van der Waals surface area contributed by atoms with Gasteiger partial charge < -0.3 is 14.8 Å². The van der Waals surface area contributed by atoms with Crippen molar-refractivity contribution in [3.63, 3.8) is 0 Å². The summed E-state index contributed by atoms with van der Waals surface area (Å²) >= 11 is 2.31. The number of imide groups is 1. The number of hydrogen-bond donors (Lipinski definition) is 2. The second-order valence-corrected chi connectivity index (χ2v) is 7.13. The van der Waals surface area contributed by atoms with E-state index in [0.717, 1.165) is 16.7 Å². The second-order valence-electron chi connectivity index (χ2n) is 5.06. The predicted molar refractivity (Wildman–Crippen MR) is 86.6 cm³/mol. The van der Waals surface area contributed by atoms with E-state index >= 15 is 0 Å². The maximum atomic E-state index is 12.2. The highest BCUT2D eigenvalue weighted by Crippen LogP contribution is 2.32. The molecular weight excluding hydrogens is 340 g/mol. The zero-order valence-electron chi connectivity index (χ0n) is 11.9. The van der Waals surface area contributed by atoms with Crippen LogP contribution < -0.4 is 5.32 Å². The molecule has 0 radical (unpaired) electrons. The van der Waals surface area contributed by atoms with E-state index in [4.69, 9.17) is 4.42 Å². The number of thioether (sulfide) groups is 2. The first-order valence-corrected chi connectivity index (χ1v) is 8.86. The molecule has 0 spiro atoms. The number of aliphatic hydroxyl groups is 1. The smallest absolute Gasteiger partial charge is 0.294 e. The van der Waals surface area contributed by atoms with Gasteiger partial charge in [0.1, 0.15) is 12.3 Å². The van der Waals surface area contributed by atoms with Crippen LogP contribution in [0.1, 0.15) is 5.76 Å². The molecule has 2 atom stereocenters. The van der Waals surface area contributed by atoms with Gasteiger partial charge >= 0.3 is 0 Å². The summed E-state index contributed by atoms with van der Waals surface area (Å²) in [4.78, 5) is 37.2. The van der Waals surface area contributed by atoms with Gasteiger partial charge in [-0.15, -0.1) is 0 Å². The van der Waals surface area contributed by atoms with Crippen molar-refractivity contribution in [3.05, 3.63) is 29.1 Å². The number of hydrogen-bond acceptors (Lipinski definition) is 7. The molecule has 0 bridgehead atoms. The summed E-state index contributed by atoms with van der Waals surface area (Å²) < 4.78 is 5.11. The summed E-state index contributed by atoms with van der Waals surface area (Å²) in [7, 11) is 0. The third-order valence-electron chi connectivity index (χ3n) is 3.39. The topological polar surface area (TPSA) is 99.9 Å². The third kappa shape index (κ3) is 3.62. The molecule has 9 heteroatoms. The Morgan fingerprint density at radius 1 is 1.48 bits per heavy atom. The van der Waals surface area contributed by atoms with Crippen LogP contribution in [0.2, 0.25) is 0 Å². The number of carbonyl (C=O) groups excluding carboxylic acids is 3. The van der Waals surface area contributed by atoms with Gasteiger partial charge in [0.25, 0.3) is 11.1 Å². The first-order valence-electron chi connectivity index (χ1n) is 6.88. The van der Waals surface area contributed by atoms with Crippen LogP contribution in [0, 0.1) is 0 Å². The molecule has 3 heterocycles. The van der Waals surface area contributed by atoms with Crippen molar-refractivity contribution >= 4 is 46.7 Å². The molecule has 2 fully saturated rings. The van der Waals surface area contributed by atoms with Crippen molar-refractivity contribution < 1.29 is 23.9 Å². The molecule has 3 amide bonds. The SMILES string of the molecule is O=C(CN1C(=O)S/C(=C\c2ccco2)C1=O)N[C@H]1CSC[C@H]1O. The lowest BCUT2D eigenvalue weighted by atomic mass is 10.2. The molecule has 0 aromatic carbocycles. The van der Waals surface area contributed by atoms with Crippen molar-refractivity contribution in [2.24, 2.45) is 0 Å². The highest BCUT2D eigenvalue weighted by molar-refractivity contribution is 8.18. The molecule has 1 aromatic rings. The molecular formula is C14H14N2O5S2. The molecule has 2 N–H and O–H groups in total. The number of nitrogens with zero attached hydrogens (tertiary/aromatic N) is 1. The van der Waals surface area contributed by atoms with Crippen LogP contribution in [0.3, 0.4) is 0 Å². The quantitative estimate of drug-likeness (QED) is 0.775. The van der Waals surface area contributed by atoms with E-state index in [1.165, 1.54) is 12.3 Å². The van der Waals surface area contributed by atoms with Crippen molar-refractivity contribution in [1.29, 1.82) is 0 Å². The van der Waals surface area contributed by atoms with Crippen molar-refractivity contribution in [1.82, 2.24) is 10.2 Å². The summed E-state index contributed by atoms with van der Waals surface area (Å²) in [5.41, 5.74) is 0. The standard InChI is InChI=1S/C14H14N2O5S2/c17-10-7-22-6-9(10)15-12(18)5-16-13(19)11(23-14(16)20)4-8-2-1-3-21-8/h1-4,9-10,17H,5-7H2,(H,15,18)/b11-4-/t9-,10+/m0/s1. The van der Waals surface area contributed by atoms with Gasteiger partial charge in [-0.25, -0.2) is 0 Å². The van der Waals surface area contributed by atoms with E-state index in [1.54, 1.807) is 23.9 Å². The maximum Gasteiger partial charge on any atom is 0.294 e. The average Bonchev–Trinajstić information content (AvgIpc) is 3.20. The van der Waals surface area contributed by atoms with Crippen LogP contribution >= 0.6 is 23.5 Å². The summed E-state index contributed by atoms with van der Waals surface area (Å²) in [5, 5.41) is 11.8. The van der Waals surface area contributed by atoms with Crippen molar-refractivity contribution in [2.45, 2.75) is 12.1 Å². The van der Waals surface area contributed by atoms with Crippen LogP contribution in [-0.2, 0) is 9.59 Å². The molecule has 122 valence electrons. The van der Waals surface area contributed by atoms with Crippen LogP contribution in [0.15, 0.2) is 27.7 Å². The zero-order chi connectivity index (χ0) is 16.4. The number of rotatable bonds is 4. The zero-order valence-corrected chi connectivity index (χ0v) is 13.6. The Kier molecular flexibility index (Phi) is 4.79. The maximum absolute atomic E-state index is 12.2. The molecule has 0 aliphatic carbocycles. The Morgan fingerprint density at radius 2 is 2.30 bits per heavy atom. The minimum absolute atomic E-state index is 0.217. The minimum Gasteiger partial charge on any atom is -0.465 e. The van der Waals surface area contributed by atoms with Gasteiger partial charge in [0.2, 0.25) is 5.91 Å². The van der Waals surface area contributed by atoms with Crippen molar-refractivity contribution in [2.75, 3.05) is 18.1 Å². The summed E-state index contributed by atoms with van der Waals surface area (Å²) in [6.07, 6.45) is 2.34. The molecule has 2 saturated heterocycles. The van der Waals surface area contributed by atoms with Gasteiger partial charge in [-0.1, -0.05) is 0 Å². The highest BCUT2D eigenvalue weighted by Gasteiger charge is 2.37. The molecule has 23 heavy (non-hydrogen) atoms. The minimum atomic E-state index is -0.599. The number of carbonyl (C=O) groups is 3. The Bertz CT molecular complexity index is 658. The number of amides is 3. The first kappa shape index (κ1) is 16.2. The monoisotopic (exact) mass is 354 g/mol. The molecule has 2 aliphatic rings. The van der Waals surface area contributed by atoms with Gasteiger partial charge in [-0.2, -0.15) is 11.8 Å².